The molecule has 0 saturated carbocycles. The van der Waals surface area contributed by atoms with Crippen molar-refractivity contribution in [1.82, 2.24) is 10.3 Å². The maximum atomic E-state index is 4.01. The maximum Gasteiger partial charge on any atom is 0.0270 e. The minimum absolute atomic E-state index is 0.973. The number of rotatable bonds is 5. The number of hydrogen-bond donors (Lipinski definition) is 1. The zero-order valence-electron chi connectivity index (χ0n) is 9.44. The highest BCUT2D eigenvalue weighted by molar-refractivity contribution is 7.08. The number of nitrogens with zero attached hydrogens (tertiary/aromatic N) is 1. The summed E-state index contributed by atoms with van der Waals surface area (Å²) in [6, 6.07) is 4.13. The quantitative estimate of drug-likeness (QED) is 0.802. The molecular formula is C13H16N2S. The first kappa shape index (κ1) is 11.3. The average Bonchev–Trinajstić information content (AvgIpc) is 2.72. The molecule has 2 heterocycles. The van der Waals surface area contributed by atoms with Gasteiger partial charge in [0, 0.05) is 18.9 Å². The van der Waals surface area contributed by atoms with Gasteiger partial charge < -0.3 is 5.32 Å². The number of thiophene rings is 1. The molecule has 0 aromatic carbocycles. The Labute approximate surface area is 100 Å². The predicted octanol–water partition coefficient (Wildman–Crippen LogP) is 2.78. The summed E-state index contributed by atoms with van der Waals surface area (Å²) in [4.78, 5) is 4.01. The summed E-state index contributed by atoms with van der Waals surface area (Å²) in [7, 11) is 0. The molecule has 16 heavy (non-hydrogen) atoms. The van der Waals surface area contributed by atoms with Crippen LogP contribution in [0.15, 0.2) is 35.3 Å². The zero-order chi connectivity index (χ0) is 11.2. The van der Waals surface area contributed by atoms with Crippen LogP contribution in [0.3, 0.4) is 0 Å². The topological polar surface area (TPSA) is 24.9 Å². The fourth-order valence-electron chi connectivity index (χ4n) is 1.57. The second-order valence-electron chi connectivity index (χ2n) is 3.86. The van der Waals surface area contributed by atoms with Gasteiger partial charge in [-0.25, -0.2) is 0 Å². The first-order chi connectivity index (χ1) is 7.86. The third kappa shape index (κ3) is 3.15. The summed E-state index contributed by atoms with van der Waals surface area (Å²) in [5.41, 5.74) is 4.14. The Morgan fingerprint density at radius 3 is 2.75 bits per heavy atom. The SMILES string of the molecule is Cc1cscc1CNCCc1ccncc1. The first-order valence-corrected chi connectivity index (χ1v) is 6.42. The van der Waals surface area contributed by atoms with Gasteiger partial charge in [0.2, 0.25) is 0 Å². The second-order valence-corrected chi connectivity index (χ2v) is 4.61. The van der Waals surface area contributed by atoms with Crippen LogP contribution in [-0.4, -0.2) is 11.5 Å². The van der Waals surface area contributed by atoms with Crippen molar-refractivity contribution in [2.24, 2.45) is 0 Å². The molecule has 0 aliphatic rings. The monoisotopic (exact) mass is 232 g/mol. The van der Waals surface area contributed by atoms with E-state index in [2.05, 4.69) is 40.1 Å². The largest absolute Gasteiger partial charge is 0.312 e. The summed E-state index contributed by atoms with van der Waals surface area (Å²) in [6.07, 6.45) is 4.75. The van der Waals surface area contributed by atoms with Crippen LogP contribution in [0, 0.1) is 6.92 Å². The Balaban J connectivity index is 1.72. The molecule has 0 radical (unpaired) electrons. The molecular weight excluding hydrogens is 216 g/mol. The fourth-order valence-corrected chi connectivity index (χ4v) is 2.43. The van der Waals surface area contributed by atoms with Crippen molar-refractivity contribution in [3.63, 3.8) is 0 Å². The third-order valence-corrected chi connectivity index (χ3v) is 3.53. The van der Waals surface area contributed by atoms with Crippen LogP contribution in [0.1, 0.15) is 16.7 Å². The molecule has 0 saturated heterocycles. The molecule has 0 bridgehead atoms. The molecule has 0 fully saturated rings. The molecule has 2 rings (SSSR count). The first-order valence-electron chi connectivity index (χ1n) is 5.47. The van der Waals surface area contributed by atoms with Crippen LogP contribution < -0.4 is 5.32 Å². The summed E-state index contributed by atoms with van der Waals surface area (Å²) >= 11 is 1.77. The fraction of sp³-hybridized carbons (Fsp3) is 0.308. The smallest absolute Gasteiger partial charge is 0.0270 e. The number of aromatic nitrogens is 1. The maximum absolute atomic E-state index is 4.01. The van der Waals surface area contributed by atoms with Gasteiger partial charge in [-0.1, -0.05) is 0 Å². The van der Waals surface area contributed by atoms with E-state index in [0.29, 0.717) is 0 Å². The van der Waals surface area contributed by atoms with Crippen molar-refractivity contribution in [2.75, 3.05) is 6.54 Å². The molecule has 2 nitrogen and oxygen atoms in total. The minimum atomic E-state index is 0.973. The standard InChI is InChI=1S/C13H16N2S/c1-11-9-16-10-13(11)8-15-7-4-12-2-5-14-6-3-12/h2-3,5-6,9-10,15H,4,7-8H2,1H3. The molecule has 2 aromatic rings. The van der Waals surface area contributed by atoms with E-state index in [9.17, 15) is 0 Å². The summed E-state index contributed by atoms with van der Waals surface area (Å²) in [5, 5.41) is 7.87. The second kappa shape index (κ2) is 5.77. The Morgan fingerprint density at radius 1 is 1.25 bits per heavy atom. The van der Waals surface area contributed by atoms with E-state index in [4.69, 9.17) is 0 Å². The van der Waals surface area contributed by atoms with Gasteiger partial charge in [-0.3, -0.25) is 4.98 Å². The Morgan fingerprint density at radius 2 is 2.06 bits per heavy atom. The Kier molecular flexibility index (Phi) is 4.08. The van der Waals surface area contributed by atoms with Gasteiger partial charge in [0.25, 0.3) is 0 Å². The van der Waals surface area contributed by atoms with Crippen LogP contribution in [0.2, 0.25) is 0 Å². The normalized spacial score (nSPS) is 10.6. The molecule has 0 aliphatic carbocycles. The average molecular weight is 232 g/mol. The molecule has 3 heteroatoms. The van der Waals surface area contributed by atoms with Crippen molar-refractivity contribution in [2.45, 2.75) is 19.9 Å². The van der Waals surface area contributed by atoms with E-state index in [1.54, 1.807) is 11.3 Å². The molecule has 0 aliphatic heterocycles. The number of hydrogen-bond acceptors (Lipinski definition) is 3. The highest BCUT2D eigenvalue weighted by Gasteiger charge is 1.98. The molecule has 0 amide bonds. The Hall–Kier alpha value is -1.19. The molecule has 0 atom stereocenters. The number of nitrogens with one attached hydrogen (secondary N) is 1. The van der Waals surface area contributed by atoms with Crippen LogP contribution in [0.5, 0.6) is 0 Å². The van der Waals surface area contributed by atoms with Crippen LogP contribution >= 0.6 is 11.3 Å². The molecule has 84 valence electrons. The highest BCUT2D eigenvalue weighted by Crippen LogP contribution is 2.12. The lowest BCUT2D eigenvalue weighted by molar-refractivity contribution is 0.686. The molecule has 2 aromatic heterocycles. The minimum Gasteiger partial charge on any atom is -0.312 e. The summed E-state index contributed by atoms with van der Waals surface area (Å²) < 4.78 is 0. The number of aryl methyl sites for hydroxylation is 1. The zero-order valence-corrected chi connectivity index (χ0v) is 10.3. The predicted molar refractivity (Wildman–Crippen MR) is 68.7 cm³/mol. The van der Waals surface area contributed by atoms with E-state index < -0.39 is 0 Å². The highest BCUT2D eigenvalue weighted by atomic mass is 32.1. The lowest BCUT2D eigenvalue weighted by atomic mass is 10.2. The van der Waals surface area contributed by atoms with Crippen LogP contribution in [0.4, 0.5) is 0 Å². The summed E-state index contributed by atoms with van der Waals surface area (Å²) in [6.45, 7) is 4.15. The van der Waals surface area contributed by atoms with Gasteiger partial charge in [0.05, 0.1) is 0 Å². The van der Waals surface area contributed by atoms with Crippen molar-refractivity contribution in [3.8, 4) is 0 Å². The van der Waals surface area contributed by atoms with E-state index in [1.165, 1.54) is 16.7 Å². The van der Waals surface area contributed by atoms with Gasteiger partial charge in [0.15, 0.2) is 0 Å². The van der Waals surface area contributed by atoms with Crippen molar-refractivity contribution in [3.05, 3.63) is 52.0 Å². The van der Waals surface area contributed by atoms with Gasteiger partial charge in [-0.05, 0) is 59.5 Å². The third-order valence-electron chi connectivity index (χ3n) is 2.62. The van der Waals surface area contributed by atoms with Crippen molar-refractivity contribution in [1.29, 1.82) is 0 Å². The van der Waals surface area contributed by atoms with Gasteiger partial charge >= 0.3 is 0 Å². The Bertz CT molecular complexity index is 423. The molecule has 0 spiro atoms. The molecule has 0 unspecified atom stereocenters. The number of pyridine rings is 1. The van der Waals surface area contributed by atoms with Gasteiger partial charge in [0.1, 0.15) is 0 Å². The molecule has 1 N–H and O–H groups in total. The van der Waals surface area contributed by atoms with Crippen LogP contribution in [0.25, 0.3) is 0 Å². The van der Waals surface area contributed by atoms with Gasteiger partial charge in [-0.2, -0.15) is 11.3 Å². The van der Waals surface area contributed by atoms with Gasteiger partial charge in [-0.15, -0.1) is 0 Å². The van der Waals surface area contributed by atoms with Crippen LogP contribution in [-0.2, 0) is 13.0 Å². The van der Waals surface area contributed by atoms with E-state index in [0.717, 1.165) is 19.5 Å². The van der Waals surface area contributed by atoms with E-state index >= 15 is 0 Å². The van der Waals surface area contributed by atoms with E-state index in [-0.39, 0.29) is 0 Å². The van der Waals surface area contributed by atoms with Crippen molar-refractivity contribution >= 4 is 11.3 Å². The lowest BCUT2D eigenvalue weighted by Gasteiger charge is -2.04. The lowest BCUT2D eigenvalue weighted by Crippen LogP contribution is -2.16. The van der Waals surface area contributed by atoms with Crippen molar-refractivity contribution < 1.29 is 0 Å². The van der Waals surface area contributed by atoms with E-state index in [1.807, 2.05) is 12.4 Å². The summed E-state index contributed by atoms with van der Waals surface area (Å²) in [5.74, 6) is 0.